The number of carboxylic acids is 1. The Balaban J connectivity index is 1.65. The summed E-state index contributed by atoms with van der Waals surface area (Å²) in [5.74, 6) is -1.04. The number of imidazole rings is 1. The second-order valence-corrected chi connectivity index (χ2v) is 6.64. The summed E-state index contributed by atoms with van der Waals surface area (Å²) in [4.78, 5) is 14.9. The van der Waals surface area contributed by atoms with E-state index in [0.29, 0.717) is 16.8 Å². The molecular formula is C22H15F3N2O4. The standard InChI is InChI=1S/C22H15F3N2O4/c23-22(24,25)17-11-16(31-20-5-2-8-27-13-26-12-18(20)27)6-7-19(17)30-15-4-1-3-14(9-15)10-21(28)29/h1-9,11-13H,10H2,(H,28,29). The minimum atomic E-state index is -4.70. The van der Waals surface area contributed by atoms with Gasteiger partial charge in [0.1, 0.15) is 28.3 Å². The Labute approximate surface area is 174 Å². The van der Waals surface area contributed by atoms with Gasteiger partial charge in [-0.25, -0.2) is 4.98 Å². The fourth-order valence-electron chi connectivity index (χ4n) is 3.04. The topological polar surface area (TPSA) is 73.1 Å². The van der Waals surface area contributed by atoms with Crippen molar-refractivity contribution in [3.63, 3.8) is 0 Å². The van der Waals surface area contributed by atoms with Crippen LogP contribution in [0.2, 0.25) is 0 Å². The molecule has 6 nitrogen and oxygen atoms in total. The molecule has 31 heavy (non-hydrogen) atoms. The number of aliphatic carboxylic acids is 1. The van der Waals surface area contributed by atoms with Crippen LogP contribution < -0.4 is 9.47 Å². The lowest BCUT2D eigenvalue weighted by atomic mass is 10.1. The van der Waals surface area contributed by atoms with Crippen LogP contribution in [0.3, 0.4) is 0 Å². The van der Waals surface area contributed by atoms with Gasteiger partial charge in [0.25, 0.3) is 0 Å². The molecule has 0 aliphatic carbocycles. The summed E-state index contributed by atoms with van der Waals surface area (Å²) in [5, 5.41) is 8.89. The number of ether oxygens (including phenoxy) is 2. The van der Waals surface area contributed by atoms with E-state index >= 15 is 0 Å². The van der Waals surface area contributed by atoms with Crippen molar-refractivity contribution in [2.75, 3.05) is 0 Å². The molecule has 0 unspecified atom stereocenters. The first-order valence-corrected chi connectivity index (χ1v) is 9.08. The number of rotatable bonds is 6. The van der Waals surface area contributed by atoms with Gasteiger partial charge in [0.2, 0.25) is 0 Å². The molecule has 2 heterocycles. The van der Waals surface area contributed by atoms with Crippen molar-refractivity contribution in [1.82, 2.24) is 9.38 Å². The molecule has 0 aliphatic heterocycles. The average molecular weight is 428 g/mol. The first-order valence-electron chi connectivity index (χ1n) is 9.08. The van der Waals surface area contributed by atoms with Crippen LogP contribution in [0.5, 0.6) is 23.0 Å². The zero-order valence-corrected chi connectivity index (χ0v) is 15.8. The number of carbonyl (C=O) groups is 1. The summed E-state index contributed by atoms with van der Waals surface area (Å²) in [6.45, 7) is 0. The highest BCUT2D eigenvalue weighted by atomic mass is 19.4. The Bertz CT molecular complexity index is 1250. The van der Waals surface area contributed by atoms with Gasteiger partial charge in [0, 0.05) is 6.20 Å². The molecule has 0 saturated heterocycles. The number of carboxylic acid groups (broad SMARTS) is 1. The SMILES string of the molecule is O=C(O)Cc1cccc(Oc2ccc(Oc3cccn4cncc34)cc2C(F)(F)F)c1. The third-order valence-corrected chi connectivity index (χ3v) is 4.38. The molecule has 0 saturated carbocycles. The van der Waals surface area contributed by atoms with Crippen LogP contribution in [0.1, 0.15) is 11.1 Å². The number of pyridine rings is 1. The Hall–Kier alpha value is -4.01. The van der Waals surface area contributed by atoms with Crippen LogP contribution in [0.15, 0.2) is 73.3 Å². The van der Waals surface area contributed by atoms with Crippen molar-refractivity contribution >= 4 is 11.5 Å². The number of hydrogen-bond acceptors (Lipinski definition) is 4. The normalized spacial score (nSPS) is 11.5. The summed E-state index contributed by atoms with van der Waals surface area (Å²) >= 11 is 0. The Morgan fingerprint density at radius 1 is 1.00 bits per heavy atom. The highest BCUT2D eigenvalue weighted by molar-refractivity contribution is 5.70. The Kier molecular flexibility index (Phi) is 5.24. The number of alkyl halides is 3. The summed E-state index contributed by atoms with van der Waals surface area (Å²) in [6, 6.07) is 12.6. The average Bonchev–Trinajstić information content (AvgIpc) is 3.18. The maximum absolute atomic E-state index is 13.7. The molecule has 0 fully saturated rings. The molecule has 2 aromatic heterocycles. The van der Waals surface area contributed by atoms with Crippen LogP contribution in [-0.4, -0.2) is 20.5 Å². The number of benzene rings is 2. The minimum absolute atomic E-state index is 0.0198. The van der Waals surface area contributed by atoms with E-state index in [0.717, 1.165) is 6.07 Å². The monoisotopic (exact) mass is 428 g/mol. The van der Waals surface area contributed by atoms with Gasteiger partial charge in [-0.05, 0) is 48.0 Å². The molecule has 4 aromatic rings. The molecule has 0 amide bonds. The van der Waals surface area contributed by atoms with E-state index in [-0.39, 0.29) is 17.9 Å². The van der Waals surface area contributed by atoms with Gasteiger partial charge in [-0.15, -0.1) is 0 Å². The zero-order chi connectivity index (χ0) is 22.0. The van der Waals surface area contributed by atoms with Crippen molar-refractivity contribution in [2.45, 2.75) is 12.6 Å². The molecule has 158 valence electrons. The first kappa shape index (κ1) is 20.3. The van der Waals surface area contributed by atoms with Gasteiger partial charge in [-0.3, -0.25) is 4.79 Å². The summed E-state index contributed by atoms with van der Waals surface area (Å²) in [5.41, 5.74) is -0.00635. The number of fused-ring (bicyclic) bond motifs is 1. The van der Waals surface area contributed by atoms with E-state index < -0.39 is 23.5 Å². The summed E-state index contributed by atoms with van der Waals surface area (Å²) in [6.07, 6.45) is -0.127. The smallest absolute Gasteiger partial charge is 0.420 e. The van der Waals surface area contributed by atoms with Gasteiger partial charge in [0.15, 0.2) is 5.75 Å². The number of aromatic nitrogens is 2. The van der Waals surface area contributed by atoms with Gasteiger partial charge < -0.3 is 19.0 Å². The van der Waals surface area contributed by atoms with Crippen molar-refractivity contribution in [3.05, 3.63) is 84.4 Å². The highest BCUT2D eigenvalue weighted by Crippen LogP contribution is 2.41. The Morgan fingerprint density at radius 2 is 1.77 bits per heavy atom. The van der Waals surface area contributed by atoms with Gasteiger partial charge in [-0.1, -0.05) is 12.1 Å². The molecule has 4 rings (SSSR count). The lowest BCUT2D eigenvalue weighted by Crippen LogP contribution is -2.07. The molecule has 0 aliphatic rings. The molecule has 1 N–H and O–H groups in total. The second-order valence-electron chi connectivity index (χ2n) is 6.64. The van der Waals surface area contributed by atoms with Gasteiger partial charge >= 0.3 is 12.1 Å². The summed E-state index contributed by atoms with van der Waals surface area (Å²) < 4.78 is 53.9. The fourth-order valence-corrected chi connectivity index (χ4v) is 3.04. The third kappa shape index (κ3) is 4.61. The molecule has 0 radical (unpaired) electrons. The van der Waals surface area contributed by atoms with E-state index in [1.165, 1.54) is 30.3 Å². The van der Waals surface area contributed by atoms with Crippen LogP contribution in [0.25, 0.3) is 5.52 Å². The first-order chi connectivity index (χ1) is 14.8. The second kappa shape index (κ2) is 8.02. The van der Waals surface area contributed by atoms with Crippen molar-refractivity contribution in [2.24, 2.45) is 0 Å². The zero-order valence-electron chi connectivity index (χ0n) is 15.8. The fraction of sp³-hybridized carbons (Fsp3) is 0.0909. The van der Waals surface area contributed by atoms with E-state index in [9.17, 15) is 18.0 Å². The lowest BCUT2D eigenvalue weighted by Gasteiger charge is -2.16. The molecule has 0 bridgehead atoms. The van der Waals surface area contributed by atoms with Crippen LogP contribution >= 0.6 is 0 Å². The molecule has 2 aromatic carbocycles. The number of halogens is 3. The Morgan fingerprint density at radius 3 is 2.55 bits per heavy atom. The quantitative estimate of drug-likeness (QED) is 0.435. The molecule has 0 spiro atoms. The van der Waals surface area contributed by atoms with E-state index in [4.69, 9.17) is 14.6 Å². The third-order valence-electron chi connectivity index (χ3n) is 4.38. The van der Waals surface area contributed by atoms with Crippen molar-refractivity contribution in [3.8, 4) is 23.0 Å². The maximum atomic E-state index is 13.7. The highest BCUT2D eigenvalue weighted by Gasteiger charge is 2.35. The van der Waals surface area contributed by atoms with Crippen molar-refractivity contribution in [1.29, 1.82) is 0 Å². The predicted molar refractivity (Wildman–Crippen MR) is 105 cm³/mol. The van der Waals surface area contributed by atoms with Gasteiger partial charge in [0.05, 0.1) is 18.9 Å². The number of hydrogen-bond donors (Lipinski definition) is 1. The molecule has 0 atom stereocenters. The van der Waals surface area contributed by atoms with E-state index in [1.807, 2.05) is 0 Å². The lowest BCUT2D eigenvalue weighted by molar-refractivity contribution is -0.138. The molecule has 9 heteroatoms. The number of nitrogens with zero attached hydrogens (tertiary/aromatic N) is 2. The summed E-state index contributed by atoms with van der Waals surface area (Å²) in [7, 11) is 0. The van der Waals surface area contributed by atoms with Crippen LogP contribution in [0, 0.1) is 0 Å². The van der Waals surface area contributed by atoms with Gasteiger partial charge in [-0.2, -0.15) is 13.2 Å². The largest absolute Gasteiger partial charge is 0.481 e. The van der Waals surface area contributed by atoms with E-state index in [1.54, 1.807) is 41.3 Å². The maximum Gasteiger partial charge on any atom is 0.420 e. The predicted octanol–water partition coefficient (Wildman–Crippen LogP) is 5.56. The van der Waals surface area contributed by atoms with E-state index in [2.05, 4.69) is 4.98 Å². The van der Waals surface area contributed by atoms with Crippen LogP contribution in [0.4, 0.5) is 13.2 Å². The van der Waals surface area contributed by atoms with Crippen molar-refractivity contribution < 1.29 is 32.5 Å². The van der Waals surface area contributed by atoms with Crippen LogP contribution in [-0.2, 0) is 17.4 Å². The molecular weight excluding hydrogens is 413 g/mol. The minimum Gasteiger partial charge on any atom is -0.481 e.